The molecule has 1 aliphatic carbocycles. The van der Waals surface area contributed by atoms with Crippen molar-refractivity contribution in [3.63, 3.8) is 0 Å². The zero-order valence-electron chi connectivity index (χ0n) is 11.1. The van der Waals surface area contributed by atoms with Gasteiger partial charge in [0.15, 0.2) is 0 Å². The quantitative estimate of drug-likeness (QED) is 0.697. The molecule has 98 valence electrons. The Morgan fingerprint density at radius 1 is 1.06 bits per heavy atom. The maximum absolute atomic E-state index is 11.9. The Bertz CT molecular complexity index is 290. The summed E-state index contributed by atoms with van der Waals surface area (Å²) in [5.41, 5.74) is -0.463. The highest BCUT2D eigenvalue weighted by atomic mass is 16.6. The van der Waals surface area contributed by atoms with Gasteiger partial charge in [-0.1, -0.05) is 6.42 Å². The molecule has 2 unspecified atom stereocenters. The summed E-state index contributed by atoms with van der Waals surface area (Å²) in [5.74, 6) is -0.706. The SMILES string of the molecule is COC(=O)C1CCCC(C(=O)OC(C)(C)C)C1. The third-order valence-corrected chi connectivity index (χ3v) is 2.95. The van der Waals surface area contributed by atoms with E-state index in [0.29, 0.717) is 6.42 Å². The smallest absolute Gasteiger partial charge is 0.309 e. The van der Waals surface area contributed by atoms with Crippen LogP contribution in [0.15, 0.2) is 0 Å². The van der Waals surface area contributed by atoms with Gasteiger partial charge < -0.3 is 9.47 Å². The van der Waals surface area contributed by atoms with Crippen LogP contribution < -0.4 is 0 Å². The normalized spacial score (nSPS) is 25.2. The molecule has 1 fully saturated rings. The van der Waals surface area contributed by atoms with E-state index in [-0.39, 0.29) is 23.8 Å². The molecular weight excluding hydrogens is 220 g/mol. The predicted molar refractivity (Wildman–Crippen MR) is 63.3 cm³/mol. The first-order valence-corrected chi connectivity index (χ1v) is 6.14. The minimum atomic E-state index is -0.463. The molecule has 0 aromatic heterocycles. The highest BCUT2D eigenvalue weighted by Gasteiger charge is 2.34. The summed E-state index contributed by atoms with van der Waals surface area (Å²) in [6.07, 6.45) is 3.06. The van der Waals surface area contributed by atoms with Crippen molar-refractivity contribution in [1.82, 2.24) is 0 Å². The molecule has 4 nitrogen and oxygen atoms in total. The van der Waals surface area contributed by atoms with Crippen LogP contribution in [-0.4, -0.2) is 24.6 Å². The molecule has 0 bridgehead atoms. The van der Waals surface area contributed by atoms with E-state index in [0.717, 1.165) is 19.3 Å². The summed E-state index contributed by atoms with van der Waals surface area (Å²) >= 11 is 0. The molecule has 17 heavy (non-hydrogen) atoms. The Morgan fingerprint density at radius 2 is 1.59 bits per heavy atom. The van der Waals surface area contributed by atoms with E-state index < -0.39 is 5.60 Å². The van der Waals surface area contributed by atoms with E-state index in [1.54, 1.807) is 0 Å². The highest BCUT2D eigenvalue weighted by molar-refractivity contribution is 5.76. The molecule has 0 aliphatic heterocycles. The van der Waals surface area contributed by atoms with Gasteiger partial charge in [-0.05, 0) is 40.0 Å². The van der Waals surface area contributed by atoms with Crippen molar-refractivity contribution in [3.05, 3.63) is 0 Å². The fraction of sp³-hybridized carbons (Fsp3) is 0.846. The van der Waals surface area contributed by atoms with Gasteiger partial charge in [-0.3, -0.25) is 9.59 Å². The van der Waals surface area contributed by atoms with Gasteiger partial charge in [0.05, 0.1) is 18.9 Å². The molecule has 0 aromatic rings. The molecule has 0 heterocycles. The molecule has 1 rings (SSSR count). The second kappa shape index (κ2) is 5.52. The average Bonchev–Trinajstić information content (AvgIpc) is 2.26. The van der Waals surface area contributed by atoms with Crippen LogP contribution in [-0.2, 0) is 19.1 Å². The Kier molecular flexibility index (Phi) is 4.54. The molecule has 0 aromatic carbocycles. The topological polar surface area (TPSA) is 52.6 Å². The first-order chi connectivity index (χ1) is 7.83. The molecule has 1 aliphatic rings. The Balaban J connectivity index is 2.55. The van der Waals surface area contributed by atoms with Crippen LogP contribution in [0.1, 0.15) is 46.5 Å². The fourth-order valence-electron chi connectivity index (χ4n) is 2.17. The lowest BCUT2D eigenvalue weighted by Gasteiger charge is -2.29. The summed E-state index contributed by atoms with van der Waals surface area (Å²) in [7, 11) is 1.39. The van der Waals surface area contributed by atoms with Gasteiger partial charge in [-0.15, -0.1) is 0 Å². The lowest BCUT2D eigenvalue weighted by Crippen LogP contribution is -2.33. The Hall–Kier alpha value is -1.06. The first-order valence-electron chi connectivity index (χ1n) is 6.14. The van der Waals surface area contributed by atoms with Gasteiger partial charge in [0.25, 0.3) is 0 Å². The lowest BCUT2D eigenvalue weighted by molar-refractivity contribution is -0.162. The molecule has 0 spiro atoms. The maximum atomic E-state index is 11.9. The average molecular weight is 242 g/mol. The second-order valence-corrected chi connectivity index (χ2v) is 5.62. The van der Waals surface area contributed by atoms with E-state index in [2.05, 4.69) is 0 Å². The number of carbonyl (C=O) groups is 2. The minimum absolute atomic E-state index is 0.147. The lowest BCUT2D eigenvalue weighted by atomic mass is 9.81. The number of hydrogen-bond acceptors (Lipinski definition) is 4. The largest absolute Gasteiger partial charge is 0.469 e. The molecule has 4 heteroatoms. The van der Waals surface area contributed by atoms with Crippen molar-refractivity contribution in [3.8, 4) is 0 Å². The van der Waals surface area contributed by atoms with Crippen molar-refractivity contribution >= 4 is 11.9 Å². The molecular formula is C13H22O4. The van der Waals surface area contributed by atoms with Crippen molar-refractivity contribution < 1.29 is 19.1 Å². The number of ether oxygens (including phenoxy) is 2. The first kappa shape index (κ1) is 14.0. The van der Waals surface area contributed by atoms with Crippen LogP contribution >= 0.6 is 0 Å². The Morgan fingerprint density at radius 3 is 2.06 bits per heavy atom. The molecule has 2 atom stereocenters. The molecule has 1 saturated carbocycles. The van der Waals surface area contributed by atoms with Crippen molar-refractivity contribution in [1.29, 1.82) is 0 Å². The zero-order valence-corrected chi connectivity index (χ0v) is 11.1. The van der Waals surface area contributed by atoms with Crippen molar-refractivity contribution in [2.24, 2.45) is 11.8 Å². The van der Waals surface area contributed by atoms with E-state index in [4.69, 9.17) is 9.47 Å². The standard InChI is InChI=1S/C13H22O4/c1-13(2,3)17-12(15)10-7-5-6-9(8-10)11(14)16-4/h9-10H,5-8H2,1-4H3. The van der Waals surface area contributed by atoms with Gasteiger partial charge in [0.1, 0.15) is 5.60 Å². The summed E-state index contributed by atoms with van der Waals surface area (Å²) < 4.78 is 10.1. The van der Waals surface area contributed by atoms with Crippen LogP contribution in [0.3, 0.4) is 0 Å². The molecule has 0 N–H and O–H groups in total. The summed E-state index contributed by atoms with van der Waals surface area (Å²) in [6, 6.07) is 0. The Labute approximate surface area is 103 Å². The third-order valence-electron chi connectivity index (χ3n) is 2.95. The monoisotopic (exact) mass is 242 g/mol. The van der Waals surface area contributed by atoms with Crippen molar-refractivity contribution in [2.45, 2.75) is 52.1 Å². The number of rotatable bonds is 2. The van der Waals surface area contributed by atoms with Crippen LogP contribution in [0.25, 0.3) is 0 Å². The van der Waals surface area contributed by atoms with Gasteiger partial charge in [0, 0.05) is 0 Å². The minimum Gasteiger partial charge on any atom is -0.469 e. The number of methoxy groups -OCH3 is 1. The van der Waals surface area contributed by atoms with Gasteiger partial charge in [-0.2, -0.15) is 0 Å². The van der Waals surface area contributed by atoms with Gasteiger partial charge in [-0.25, -0.2) is 0 Å². The van der Waals surface area contributed by atoms with Crippen LogP contribution in [0.2, 0.25) is 0 Å². The number of hydrogen-bond donors (Lipinski definition) is 0. The molecule has 0 radical (unpaired) electrons. The third kappa shape index (κ3) is 4.36. The van der Waals surface area contributed by atoms with Crippen molar-refractivity contribution in [2.75, 3.05) is 7.11 Å². The zero-order chi connectivity index (χ0) is 13.1. The highest BCUT2D eigenvalue weighted by Crippen LogP contribution is 2.31. The van der Waals surface area contributed by atoms with Gasteiger partial charge >= 0.3 is 11.9 Å². The van der Waals surface area contributed by atoms with E-state index in [9.17, 15) is 9.59 Å². The maximum Gasteiger partial charge on any atom is 0.309 e. The second-order valence-electron chi connectivity index (χ2n) is 5.62. The predicted octanol–water partition coefficient (Wildman–Crippen LogP) is 2.31. The van der Waals surface area contributed by atoms with E-state index >= 15 is 0 Å². The van der Waals surface area contributed by atoms with Crippen LogP contribution in [0, 0.1) is 11.8 Å². The summed E-state index contributed by atoms with van der Waals surface area (Å²) in [6.45, 7) is 5.56. The van der Waals surface area contributed by atoms with E-state index in [1.165, 1.54) is 7.11 Å². The molecule has 0 saturated heterocycles. The summed E-state index contributed by atoms with van der Waals surface area (Å²) in [4.78, 5) is 23.3. The molecule has 0 amide bonds. The van der Waals surface area contributed by atoms with Gasteiger partial charge in [0.2, 0.25) is 0 Å². The number of esters is 2. The number of carbonyl (C=O) groups excluding carboxylic acids is 2. The van der Waals surface area contributed by atoms with Crippen LogP contribution in [0.5, 0.6) is 0 Å². The fourth-order valence-corrected chi connectivity index (χ4v) is 2.17. The summed E-state index contributed by atoms with van der Waals surface area (Å²) in [5, 5.41) is 0. The van der Waals surface area contributed by atoms with Crippen LogP contribution in [0.4, 0.5) is 0 Å². The van der Waals surface area contributed by atoms with E-state index in [1.807, 2.05) is 20.8 Å².